The highest BCUT2D eigenvalue weighted by atomic mass is 16.5. The second-order valence-corrected chi connectivity index (χ2v) is 9.38. The lowest BCUT2D eigenvalue weighted by Crippen LogP contribution is -2.52. The Morgan fingerprint density at radius 3 is 2.77 bits per heavy atom. The number of aliphatic hydroxyl groups excluding tert-OH is 1. The Morgan fingerprint density at radius 1 is 1.13 bits per heavy atom. The zero-order valence-corrected chi connectivity index (χ0v) is 17.6. The second kappa shape index (κ2) is 6.82. The van der Waals surface area contributed by atoms with Gasteiger partial charge in [0.05, 0.1) is 0 Å². The summed E-state index contributed by atoms with van der Waals surface area (Å²) in [6.07, 6.45) is 10.1. The van der Waals surface area contributed by atoms with E-state index in [0.717, 1.165) is 50.2 Å². The number of aliphatic hydroxyl groups is 1. The summed E-state index contributed by atoms with van der Waals surface area (Å²) in [4.78, 5) is 6.65. The predicted octanol–water partition coefficient (Wildman–Crippen LogP) is 4.20. The quantitative estimate of drug-likeness (QED) is 0.712. The number of pyridine rings is 1. The standard InChI is InChI=1S/C25H29N3O2/c1-17-21(5-7-23-26-12-15-28(17)23)19-4-6-22-20(16-19)8-9-25(30-22)10-13-27(14-11-25)24(29)18-2-3-18/h4-7,12,15-16,18,24,29H,2-3,8-11,13-14H2,1H3. The van der Waals surface area contributed by atoms with Crippen LogP contribution < -0.4 is 4.74 Å². The lowest BCUT2D eigenvalue weighted by atomic mass is 9.82. The van der Waals surface area contributed by atoms with Crippen molar-refractivity contribution in [1.29, 1.82) is 0 Å². The third kappa shape index (κ3) is 3.03. The Hall–Kier alpha value is -2.37. The van der Waals surface area contributed by atoms with E-state index in [1.807, 2.05) is 12.4 Å². The lowest BCUT2D eigenvalue weighted by molar-refractivity contribution is -0.0771. The zero-order valence-electron chi connectivity index (χ0n) is 17.6. The summed E-state index contributed by atoms with van der Waals surface area (Å²) in [6, 6.07) is 10.9. The van der Waals surface area contributed by atoms with Gasteiger partial charge in [0.2, 0.25) is 0 Å². The molecule has 0 bridgehead atoms. The molecule has 1 saturated heterocycles. The van der Waals surface area contributed by atoms with Gasteiger partial charge in [-0.3, -0.25) is 4.90 Å². The van der Waals surface area contributed by atoms with Gasteiger partial charge in [-0.2, -0.15) is 0 Å². The number of imidazole rings is 1. The van der Waals surface area contributed by atoms with E-state index in [1.165, 1.54) is 35.2 Å². The van der Waals surface area contributed by atoms with Crippen molar-refractivity contribution in [1.82, 2.24) is 14.3 Å². The van der Waals surface area contributed by atoms with Gasteiger partial charge in [-0.1, -0.05) is 6.07 Å². The first kappa shape index (κ1) is 18.4. The molecule has 1 unspecified atom stereocenters. The van der Waals surface area contributed by atoms with E-state index >= 15 is 0 Å². The normalized spacial score (nSPS) is 22.1. The molecule has 6 rings (SSSR count). The Bertz CT molecular complexity index is 1090. The number of aromatic nitrogens is 2. The molecule has 1 atom stereocenters. The number of likely N-dealkylation sites (tertiary alicyclic amines) is 1. The molecule has 2 aliphatic heterocycles. The van der Waals surface area contributed by atoms with Gasteiger partial charge in [-0.15, -0.1) is 0 Å². The van der Waals surface area contributed by atoms with Crippen LogP contribution in [0.1, 0.15) is 43.4 Å². The van der Waals surface area contributed by atoms with Gasteiger partial charge in [0.15, 0.2) is 0 Å². The Morgan fingerprint density at radius 2 is 1.97 bits per heavy atom. The molecule has 0 radical (unpaired) electrons. The highest BCUT2D eigenvalue weighted by Gasteiger charge is 2.43. The van der Waals surface area contributed by atoms with Gasteiger partial charge >= 0.3 is 0 Å². The fourth-order valence-electron chi connectivity index (χ4n) is 5.36. The molecule has 4 heterocycles. The molecular weight excluding hydrogens is 374 g/mol. The van der Waals surface area contributed by atoms with Crippen molar-refractivity contribution in [3.8, 4) is 16.9 Å². The summed E-state index contributed by atoms with van der Waals surface area (Å²) in [5, 5.41) is 10.5. The Kier molecular flexibility index (Phi) is 4.19. The number of rotatable bonds is 3. The molecule has 30 heavy (non-hydrogen) atoms. The third-order valence-electron chi connectivity index (χ3n) is 7.49. The van der Waals surface area contributed by atoms with Gasteiger partial charge < -0.3 is 14.2 Å². The third-order valence-corrected chi connectivity index (χ3v) is 7.49. The maximum atomic E-state index is 10.5. The van der Waals surface area contributed by atoms with E-state index < -0.39 is 0 Å². The maximum absolute atomic E-state index is 10.5. The fourth-order valence-corrected chi connectivity index (χ4v) is 5.36. The SMILES string of the molecule is Cc1c(-c2ccc3c(c2)CCC2(CCN(C(O)C4CC4)CC2)O3)ccc2nccn12. The monoisotopic (exact) mass is 403 g/mol. The molecule has 5 heteroatoms. The predicted molar refractivity (Wildman–Crippen MR) is 117 cm³/mol. The summed E-state index contributed by atoms with van der Waals surface area (Å²) < 4.78 is 8.76. The van der Waals surface area contributed by atoms with Crippen LogP contribution >= 0.6 is 0 Å². The van der Waals surface area contributed by atoms with Crippen LogP contribution in [0.3, 0.4) is 0 Å². The van der Waals surface area contributed by atoms with Crippen molar-refractivity contribution in [2.75, 3.05) is 13.1 Å². The number of ether oxygens (including phenoxy) is 1. The molecule has 1 N–H and O–H groups in total. The van der Waals surface area contributed by atoms with E-state index in [4.69, 9.17) is 4.74 Å². The molecule has 5 nitrogen and oxygen atoms in total. The zero-order chi connectivity index (χ0) is 20.3. The minimum atomic E-state index is -0.239. The molecule has 3 aromatic rings. The van der Waals surface area contributed by atoms with E-state index in [-0.39, 0.29) is 11.8 Å². The summed E-state index contributed by atoms with van der Waals surface area (Å²) in [5.74, 6) is 1.55. The highest BCUT2D eigenvalue weighted by molar-refractivity contribution is 5.70. The summed E-state index contributed by atoms with van der Waals surface area (Å²) >= 11 is 0. The lowest BCUT2D eigenvalue weighted by Gasteiger charge is -2.45. The van der Waals surface area contributed by atoms with Crippen molar-refractivity contribution in [2.45, 2.75) is 57.3 Å². The summed E-state index contributed by atoms with van der Waals surface area (Å²) in [6.45, 7) is 4.03. The molecule has 0 amide bonds. The summed E-state index contributed by atoms with van der Waals surface area (Å²) in [5.41, 5.74) is 5.93. The van der Waals surface area contributed by atoms with Crippen LogP contribution in [0.25, 0.3) is 16.8 Å². The molecule has 1 aromatic carbocycles. The van der Waals surface area contributed by atoms with E-state index in [9.17, 15) is 5.11 Å². The van der Waals surface area contributed by atoms with Crippen LogP contribution in [-0.2, 0) is 6.42 Å². The first-order chi connectivity index (χ1) is 14.6. The Labute approximate surface area is 177 Å². The first-order valence-electron chi connectivity index (χ1n) is 11.3. The van der Waals surface area contributed by atoms with Crippen LogP contribution in [-0.4, -0.2) is 44.3 Å². The Balaban J connectivity index is 1.22. The molecule has 156 valence electrons. The largest absolute Gasteiger partial charge is 0.487 e. The van der Waals surface area contributed by atoms with Crippen LogP contribution in [0.15, 0.2) is 42.7 Å². The molecule has 1 spiro atoms. The first-order valence-corrected chi connectivity index (χ1v) is 11.3. The number of hydrogen-bond donors (Lipinski definition) is 1. The highest BCUT2D eigenvalue weighted by Crippen LogP contribution is 2.42. The van der Waals surface area contributed by atoms with E-state index in [1.54, 1.807) is 0 Å². The van der Waals surface area contributed by atoms with Gasteiger partial charge in [0.25, 0.3) is 0 Å². The van der Waals surface area contributed by atoms with Gasteiger partial charge in [-0.05, 0) is 86.8 Å². The minimum Gasteiger partial charge on any atom is -0.487 e. The number of piperidine rings is 1. The van der Waals surface area contributed by atoms with Gasteiger partial charge in [0.1, 0.15) is 23.2 Å². The van der Waals surface area contributed by atoms with Crippen molar-refractivity contribution in [3.05, 3.63) is 54.0 Å². The average molecular weight is 404 g/mol. The van der Waals surface area contributed by atoms with Crippen LogP contribution in [0, 0.1) is 12.8 Å². The van der Waals surface area contributed by atoms with Crippen molar-refractivity contribution < 1.29 is 9.84 Å². The number of nitrogens with zero attached hydrogens (tertiary/aromatic N) is 3. The van der Waals surface area contributed by atoms with E-state index in [0.29, 0.717) is 5.92 Å². The van der Waals surface area contributed by atoms with Gasteiger partial charge in [0, 0.05) is 36.7 Å². The molecular formula is C25H29N3O2. The number of fused-ring (bicyclic) bond motifs is 2. The molecule has 2 fully saturated rings. The maximum Gasteiger partial charge on any atom is 0.136 e. The van der Waals surface area contributed by atoms with Gasteiger partial charge in [-0.25, -0.2) is 4.98 Å². The molecule has 2 aromatic heterocycles. The molecule has 3 aliphatic rings. The number of benzene rings is 1. The summed E-state index contributed by atoms with van der Waals surface area (Å²) in [7, 11) is 0. The average Bonchev–Trinajstić information content (AvgIpc) is 3.51. The minimum absolute atomic E-state index is 0.0556. The van der Waals surface area contributed by atoms with Crippen LogP contribution in [0.2, 0.25) is 0 Å². The van der Waals surface area contributed by atoms with E-state index in [2.05, 4.69) is 51.5 Å². The van der Waals surface area contributed by atoms with Crippen molar-refractivity contribution >= 4 is 5.65 Å². The number of hydrogen-bond acceptors (Lipinski definition) is 4. The van der Waals surface area contributed by atoms with Crippen LogP contribution in [0.5, 0.6) is 5.75 Å². The van der Waals surface area contributed by atoms with Crippen molar-refractivity contribution in [2.24, 2.45) is 5.92 Å². The van der Waals surface area contributed by atoms with Crippen LogP contribution in [0.4, 0.5) is 0 Å². The molecule has 1 saturated carbocycles. The fraction of sp³-hybridized carbons (Fsp3) is 0.480. The smallest absolute Gasteiger partial charge is 0.136 e. The van der Waals surface area contributed by atoms with Crippen molar-refractivity contribution in [3.63, 3.8) is 0 Å². The molecule has 1 aliphatic carbocycles. The second-order valence-electron chi connectivity index (χ2n) is 9.38. The number of aryl methyl sites for hydroxylation is 2. The topological polar surface area (TPSA) is 50.0 Å².